The first kappa shape index (κ1) is 21.0. The molecular formula is C21H23FN2O4S. The fourth-order valence-corrected chi connectivity index (χ4v) is 4.09. The molecular weight excluding hydrogens is 395 g/mol. The van der Waals surface area contributed by atoms with E-state index in [1.165, 1.54) is 12.1 Å². The van der Waals surface area contributed by atoms with Crippen LogP contribution in [-0.2, 0) is 20.3 Å². The number of benzene rings is 2. The van der Waals surface area contributed by atoms with Crippen molar-refractivity contribution in [2.45, 2.75) is 11.8 Å². The Hall–Kier alpha value is -2.74. The molecule has 154 valence electrons. The summed E-state index contributed by atoms with van der Waals surface area (Å²) in [5, 5.41) is 0. The minimum atomic E-state index is -1.29. The standard InChI is InChI=1S/C21H23FN2O4S/c1-2-29(27)19-6-4-3-5-18(19)21(26)28-15-20(25)24-13-11-23(12-14-24)17-9-7-16(22)8-10-17/h3-10H,2,11-15H2,1H3/t29-/m1/s1. The van der Waals surface area contributed by atoms with E-state index >= 15 is 0 Å². The number of carbonyl (C=O) groups is 2. The molecule has 1 aliphatic heterocycles. The number of anilines is 1. The van der Waals surface area contributed by atoms with Crippen LogP contribution in [0, 0.1) is 5.82 Å². The summed E-state index contributed by atoms with van der Waals surface area (Å²) in [4.78, 5) is 28.9. The zero-order valence-electron chi connectivity index (χ0n) is 16.2. The van der Waals surface area contributed by atoms with Crippen molar-refractivity contribution < 1.29 is 22.9 Å². The molecule has 29 heavy (non-hydrogen) atoms. The molecule has 0 N–H and O–H groups in total. The summed E-state index contributed by atoms with van der Waals surface area (Å²) in [6.45, 7) is 3.62. The molecule has 1 saturated heterocycles. The smallest absolute Gasteiger partial charge is 0.339 e. The van der Waals surface area contributed by atoms with E-state index in [4.69, 9.17) is 4.74 Å². The highest BCUT2D eigenvalue weighted by atomic mass is 32.2. The fraction of sp³-hybridized carbons (Fsp3) is 0.333. The van der Waals surface area contributed by atoms with E-state index in [1.807, 2.05) is 0 Å². The second-order valence-electron chi connectivity index (χ2n) is 6.55. The predicted octanol–water partition coefficient (Wildman–Crippen LogP) is 2.46. The molecule has 6 nitrogen and oxygen atoms in total. The maximum atomic E-state index is 13.1. The van der Waals surface area contributed by atoms with Crippen LogP contribution in [0.25, 0.3) is 0 Å². The van der Waals surface area contributed by atoms with Crippen LogP contribution in [0.1, 0.15) is 17.3 Å². The van der Waals surface area contributed by atoms with Gasteiger partial charge in [0, 0.05) is 37.6 Å². The Morgan fingerprint density at radius 1 is 1.03 bits per heavy atom. The normalized spacial score (nSPS) is 15.1. The van der Waals surface area contributed by atoms with Crippen molar-refractivity contribution in [2.24, 2.45) is 0 Å². The SMILES string of the molecule is CC[S@@](=O)c1ccccc1C(=O)OCC(=O)N1CCN(c2ccc(F)cc2)CC1. The van der Waals surface area contributed by atoms with Gasteiger partial charge in [-0.25, -0.2) is 9.18 Å². The van der Waals surface area contributed by atoms with Gasteiger partial charge < -0.3 is 14.5 Å². The lowest BCUT2D eigenvalue weighted by Crippen LogP contribution is -2.49. The summed E-state index contributed by atoms with van der Waals surface area (Å²) in [5.74, 6) is -0.817. The number of nitrogens with zero attached hydrogens (tertiary/aromatic N) is 2. The number of piperazine rings is 1. The summed E-state index contributed by atoms with van der Waals surface area (Å²) >= 11 is 0. The molecule has 1 amide bonds. The Balaban J connectivity index is 1.52. The highest BCUT2D eigenvalue weighted by Crippen LogP contribution is 2.18. The van der Waals surface area contributed by atoms with Gasteiger partial charge in [0.1, 0.15) is 5.82 Å². The average Bonchev–Trinajstić information content (AvgIpc) is 2.77. The Kier molecular flexibility index (Phi) is 6.98. The number of carbonyl (C=O) groups excluding carboxylic acids is 2. The number of hydrogen-bond acceptors (Lipinski definition) is 5. The zero-order chi connectivity index (χ0) is 20.8. The van der Waals surface area contributed by atoms with E-state index in [9.17, 15) is 18.2 Å². The third kappa shape index (κ3) is 5.20. The average molecular weight is 418 g/mol. The van der Waals surface area contributed by atoms with E-state index in [1.54, 1.807) is 48.2 Å². The number of rotatable bonds is 6. The molecule has 0 unspecified atom stereocenters. The van der Waals surface area contributed by atoms with Gasteiger partial charge in [-0.2, -0.15) is 0 Å². The lowest BCUT2D eigenvalue weighted by Gasteiger charge is -2.36. The number of halogens is 1. The summed E-state index contributed by atoms with van der Waals surface area (Å²) in [6, 6.07) is 12.8. The quantitative estimate of drug-likeness (QED) is 0.675. The van der Waals surface area contributed by atoms with Gasteiger partial charge in [-0.05, 0) is 36.4 Å². The Bertz CT molecular complexity index is 896. The van der Waals surface area contributed by atoms with E-state index < -0.39 is 16.8 Å². The maximum absolute atomic E-state index is 13.1. The number of esters is 1. The first-order chi connectivity index (χ1) is 14.0. The number of hydrogen-bond donors (Lipinski definition) is 0. The van der Waals surface area contributed by atoms with Crippen LogP contribution in [0.3, 0.4) is 0 Å². The predicted molar refractivity (Wildman–Crippen MR) is 109 cm³/mol. The number of ether oxygens (including phenoxy) is 1. The van der Waals surface area contributed by atoms with Gasteiger partial charge in [0.15, 0.2) is 6.61 Å². The van der Waals surface area contributed by atoms with Crippen LogP contribution >= 0.6 is 0 Å². The van der Waals surface area contributed by atoms with Gasteiger partial charge in [0.2, 0.25) is 0 Å². The molecule has 1 atom stereocenters. The van der Waals surface area contributed by atoms with Crippen LogP contribution in [0.4, 0.5) is 10.1 Å². The largest absolute Gasteiger partial charge is 0.452 e. The van der Waals surface area contributed by atoms with Crippen LogP contribution < -0.4 is 4.90 Å². The highest BCUT2D eigenvalue weighted by molar-refractivity contribution is 7.85. The second kappa shape index (κ2) is 9.65. The van der Waals surface area contributed by atoms with Crippen LogP contribution in [-0.4, -0.2) is 59.5 Å². The number of amides is 1. The molecule has 0 aromatic heterocycles. The van der Waals surface area contributed by atoms with Crippen molar-refractivity contribution >= 4 is 28.4 Å². The summed E-state index contributed by atoms with van der Waals surface area (Å²) < 4.78 is 30.3. The van der Waals surface area contributed by atoms with Crippen molar-refractivity contribution in [3.05, 3.63) is 59.9 Å². The lowest BCUT2D eigenvalue weighted by molar-refractivity contribution is -0.134. The van der Waals surface area contributed by atoms with Crippen molar-refractivity contribution in [2.75, 3.05) is 43.4 Å². The molecule has 3 rings (SSSR count). The third-order valence-corrected chi connectivity index (χ3v) is 6.14. The van der Waals surface area contributed by atoms with Crippen LogP contribution in [0.5, 0.6) is 0 Å². The van der Waals surface area contributed by atoms with Gasteiger partial charge >= 0.3 is 5.97 Å². The van der Waals surface area contributed by atoms with E-state index in [0.717, 1.165) is 5.69 Å². The van der Waals surface area contributed by atoms with Crippen LogP contribution in [0.15, 0.2) is 53.4 Å². The molecule has 0 radical (unpaired) electrons. The summed E-state index contributed by atoms with van der Waals surface area (Å²) in [7, 11) is -1.29. The molecule has 8 heteroatoms. The molecule has 0 saturated carbocycles. The van der Waals surface area contributed by atoms with Crippen molar-refractivity contribution in [3.63, 3.8) is 0 Å². The van der Waals surface area contributed by atoms with E-state index in [2.05, 4.69) is 4.90 Å². The molecule has 1 fully saturated rings. The first-order valence-electron chi connectivity index (χ1n) is 9.42. The van der Waals surface area contributed by atoms with Gasteiger partial charge in [-0.1, -0.05) is 19.1 Å². The lowest BCUT2D eigenvalue weighted by atomic mass is 10.2. The monoisotopic (exact) mass is 418 g/mol. The molecule has 2 aromatic carbocycles. The molecule has 0 bridgehead atoms. The Labute approximate surface area is 171 Å². The van der Waals surface area contributed by atoms with Crippen LogP contribution in [0.2, 0.25) is 0 Å². The minimum Gasteiger partial charge on any atom is -0.452 e. The molecule has 1 aliphatic rings. The summed E-state index contributed by atoms with van der Waals surface area (Å²) in [5.41, 5.74) is 1.13. The Morgan fingerprint density at radius 3 is 2.34 bits per heavy atom. The van der Waals surface area contributed by atoms with Gasteiger partial charge in [0.25, 0.3) is 5.91 Å². The van der Waals surface area contributed by atoms with Gasteiger partial charge in [-0.15, -0.1) is 0 Å². The zero-order valence-corrected chi connectivity index (χ0v) is 17.0. The highest BCUT2D eigenvalue weighted by Gasteiger charge is 2.23. The van der Waals surface area contributed by atoms with Crippen molar-refractivity contribution in [1.29, 1.82) is 0 Å². The minimum absolute atomic E-state index is 0.224. The third-order valence-electron chi connectivity index (χ3n) is 4.77. The van der Waals surface area contributed by atoms with Gasteiger partial charge in [0.05, 0.1) is 21.3 Å². The van der Waals surface area contributed by atoms with Crippen molar-refractivity contribution in [1.82, 2.24) is 4.90 Å². The fourth-order valence-electron chi connectivity index (χ4n) is 3.15. The van der Waals surface area contributed by atoms with Crippen molar-refractivity contribution in [3.8, 4) is 0 Å². The van der Waals surface area contributed by atoms with Gasteiger partial charge in [-0.3, -0.25) is 9.00 Å². The first-order valence-corrected chi connectivity index (χ1v) is 10.7. The second-order valence-corrected chi connectivity index (χ2v) is 8.26. The molecule has 2 aromatic rings. The summed E-state index contributed by atoms with van der Waals surface area (Å²) in [6.07, 6.45) is 0. The van der Waals surface area contributed by atoms with E-state index in [0.29, 0.717) is 36.8 Å². The molecule has 0 aliphatic carbocycles. The Morgan fingerprint density at radius 2 is 1.69 bits per heavy atom. The maximum Gasteiger partial charge on any atom is 0.339 e. The van der Waals surface area contributed by atoms with E-state index in [-0.39, 0.29) is 23.9 Å². The molecule has 0 spiro atoms. The topological polar surface area (TPSA) is 66.9 Å². The molecule has 1 heterocycles.